The van der Waals surface area contributed by atoms with Gasteiger partial charge in [-0.3, -0.25) is 0 Å². The van der Waals surface area contributed by atoms with Crippen LogP contribution >= 0.6 is 23.4 Å². The third-order valence-corrected chi connectivity index (χ3v) is 2.42. The smallest absolute Gasteiger partial charge is 0.137 e. The fourth-order valence-corrected chi connectivity index (χ4v) is 1.71. The van der Waals surface area contributed by atoms with E-state index in [1.807, 2.05) is 18.2 Å². The maximum Gasteiger partial charge on any atom is 0.137 e. The van der Waals surface area contributed by atoms with Crippen LogP contribution in [0.25, 0.3) is 0 Å². The summed E-state index contributed by atoms with van der Waals surface area (Å²) in [6.07, 6.45) is 0. The van der Waals surface area contributed by atoms with Gasteiger partial charge in [0.25, 0.3) is 0 Å². The first-order chi connectivity index (χ1) is 5.77. The molecule has 1 aromatic rings. The van der Waals surface area contributed by atoms with Crippen LogP contribution in [0.3, 0.4) is 0 Å². The predicted molar refractivity (Wildman–Crippen MR) is 52.9 cm³/mol. The lowest BCUT2D eigenvalue weighted by atomic mass is 10.3. The average Bonchev–Trinajstić information content (AvgIpc) is 2.05. The van der Waals surface area contributed by atoms with E-state index in [4.69, 9.17) is 22.1 Å². The largest absolute Gasteiger partial charge is 0.495 e. The van der Waals surface area contributed by atoms with Gasteiger partial charge in [-0.2, -0.15) is 0 Å². The molecule has 0 heterocycles. The highest BCUT2D eigenvalue weighted by molar-refractivity contribution is 7.99. The summed E-state index contributed by atoms with van der Waals surface area (Å²) in [4.78, 5) is 1.06. The normalized spacial score (nSPS) is 9.92. The zero-order valence-corrected chi connectivity index (χ0v) is 8.28. The SMILES string of the molecule is COc1ccc(SCN)cc1Cl. The fraction of sp³-hybridized carbons (Fsp3) is 0.250. The van der Waals surface area contributed by atoms with Crippen molar-refractivity contribution in [3.8, 4) is 5.75 Å². The molecule has 0 aromatic heterocycles. The summed E-state index contributed by atoms with van der Waals surface area (Å²) in [6, 6.07) is 5.61. The molecule has 0 saturated heterocycles. The van der Waals surface area contributed by atoms with Gasteiger partial charge < -0.3 is 10.5 Å². The zero-order valence-electron chi connectivity index (χ0n) is 6.71. The molecular formula is C8H10ClNOS. The number of rotatable bonds is 3. The zero-order chi connectivity index (χ0) is 8.97. The monoisotopic (exact) mass is 203 g/mol. The predicted octanol–water partition coefficient (Wildman–Crippen LogP) is 2.36. The van der Waals surface area contributed by atoms with Gasteiger partial charge in [-0.25, -0.2) is 0 Å². The minimum absolute atomic E-state index is 0.558. The second kappa shape index (κ2) is 4.60. The van der Waals surface area contributed by atoms with Crippen molar-refractivity contribution in [2.24, 2.45) is 5.73 Å². The number of ether oxygens (including phenoxy) is 1. The van der Waals surface area contributed by atoms with Gasteiger partial charge in [0.15, 0.2) is 0 Å². The van der Waals surface area contributed by atoms with E-state index in [0.29, 0.717) is 16.6 Å². The van der Waals surface area contributed by atoms with Crippen LogP contribution in [0.5, 0.6) is 5.75 Å². The summed E-state index contributed by atoms with van der Waals surface area (Å²) >= 11 is 7.43. The van der Waals surface area contributed by atoms with Gasteiger partial charge in [-0.05, 0) is 18.2 Å². The standard InChI is InChI=1S/C8H10ClNOS/c1-11-8-3-2-6(12-5-10)4-7(8)9/h2-4H,5,10H2,1H3. The highest BCUT2D eigenvalue weighted by Gasteiger charge is 2.00. The maximum atomic E-state index is 5.89. The first-order valence-electron chi connectivity index (χ1n) is 3.44. The molecule has 0 unspecified atom stereocenters. The summed E-state index contributed by atoms with van der Waals surface area (Å²) in [5, 5.41) is 0.621. The van der Waals surface area contributed by atoms with E-state index in [1.54, 1.807) is 18.9 Å². The van der Waals surface area contributed by atoms with E-state index in [0.717, 1.165) is 4.90 Å². The fourth-order valence-electron chi connectivity index (χ4n) is 0.833. The van der Waals surface area contributed by atoms with E-state index in [9.17, 15) is 0 Å². The third-order valence-electron chi connectivity index (χ3n) is 1.37. The number of thioether (sulfide) groups is 1. The molecule has 0 spiro atoms. The van der Waals surface area contributed by atoms with Gasteiger partial charge in [0.1, 0.15) is 5.75 Å². The molecule has 0 radical (unpaired) electrons. The van der Waals surface area contributed by atoms with E-state index in [1.165, 1.54) is 0 Å². The second-order valence-electron chi connectivity index (χ2n) is 2.11. The van der Waals surface area contributed by atoms with E-state index >= 15 is 0 Å². The molecule has 0 aliphatic rings. The Bertz CT molecular complexity index is 267. The Balaban J connectivity index is 2.86. The van der Waals surface area contributed by atoms with Crippen LogP contribution in [0.1, 0.15) is 0 Å². The lowest BCUT2D eigenvalue weighted by Gasteiger charge is -2.04. The van der Waals surface area contributed by atoms with Crippen molar-refractivity contribution in [1.82, 2.24) is 0 Å². The molecule has 0 aliphatic carbocycles. The number of hydrogen-bond donors (Lipinski definition) is 1. The third kappa shape index (κ3) is 2.30. The van der Waals surface area contributed by atoms with Gasteiger partial charge in [-0.1, -0.05) is 11.6 Å². The minimum atomic E-state index is 0.558. The first-order valence-corrected chi connectivity index (χ1v) is 4.80. The Kier molecular flexibility index (Phi) is 3.72. The van der Waals surface area contributed by atoms with Gasteiger partial charge in [0.05, 0.1) is 12.1 Å². The summed E-state index contributed by atoms with van der Waals surface area (Å²) < 4.78 is 5.01. The quantitative estimate of drug-likeness (QED) is 0.605. The molecule has 2 N–H and O–H groups in total. The number of benzene rings is 1. The molecule has 66 valence electrons. The highest BCUT2D eigenvalue weighted by Crippen LogP contribution is 2.28. The Morgan fingerprint density at radius 1 is 1.58 bits per heavy atom. The van der Waals surface area contributed by atoms with Crippen LogP contribution in [0.15, 0.2) is 23.1 Å². The van der Waals surface area contributed by atoms with E-state index < -0.39 is 0 Å². The number of hydrogen-bond acceptors (Lipinski definition) is 3. The second-order valence-corrected chi connectivity index (χ2v) is 3.61. The van der Waals surface area contributed by atoms with Crippen molar-refractivity contribution in [3.63, 3.8) is 0 Å². The highest BCUT2D eigenvalue weighted by atomic mass is 35.5. The topological polar surface area (TPSA) is 35.2 Å². The van der Waals surface area contributed by atoms with E-state index in [2.05, 4.69) is 0 Å². The van der Waals surface area contributed by atoms with Crippen molar-refractivity contribution in [2.45, 2.75) is 4.90 Å². The van der Waals surface area contributed by atoms with E-state index in [-0.39, 0.29) is 0 Å². The van der Waals surface area contributed by atoms with Crippen molar-refractivity contribution in [3.05, 3.63) is 23.2 Å². The van der Waals surface area contributed by atoms with Crippen LogP contribution in [-0.4, -0.2) is 13.0 Å². The average molecular weight is 204 g/mol. The Hall–Kier alpha value is -0.380. The molecule has 1 aromatic carbocycles. The molecule has 0 fully saturated rings. The van der Waals surface area contributed by atoms with Crippen molar-refractivity contribution < 1.29 is 4.74 Å². The molecule has 0 amide bonds. The van der Waals surface area contributed by atoms with Gasteiger partial charge in [-0.15, -0.1) is 11.8 Å². The molecule has 4 heteroatoms. The summed E-state index contributed by atoms with van der Waals surface area (Å²) in [5.74, 6) is 1.25. The molecule has 2 nitrogen and oxygen atoms in total. The summed E-state index contributed by atoms with van der Waals surface area (Å²) in [7, 11) is 1.59. The molecular weight excluding hydrogens is 194 g/mol. The first kappa shape index (κ1) is 9.71. The Morgan fingerprint density at radius 2 is 2.33 bits per heavy atom. The van der Waals surface area contributed by atoms with Crippen LogP contribution < -0.4 is 10.5 Å². The molecule has 12 heavy (non-hydrogen) atoms. The Morgan fingerprint density at radius 3 is 2.83 bits per heavy atom. The molecule has 1 rings (SSSR count). The van der Waals surface area contributed by atoms with Crippen molar-refractivity contribution in [1.29, 1.82) is 0 Å². The molecule has 0 atom stereocenters. The van der Waals surface area contributed by atoms with Crippen molar-refractivity contribution in [2.75, 3.05) is 13.0 Å². The molecule has 0 bridgehead atoms. The Labute approximate surface area is 81.0 Å². The number of halogens is 1. The van der Waals surface area contributed by atoms with Crippen LogP contribution in [0.4, 0.5) is 0 Å². The lowest BCUT2D eigenvalue weighted by molar-refractivity contribution is 0.414. The number of methoxy groups -OCH3 is 1. The number of nitrogens with two attached hydrogens (primary N) is 1. The lowest BCUT2D eigenvalue weighted by Crippen LogP contribution is -1.91. The summed E-state index contributed by atoms with van der Waals surface area (Å²) in [5.41, 5.74) is 5.37. The molecule has 0 saturated carbocycles. The van der Waals surface area contributed by atoms with Crippen LogP contribution in [0.2, 0.25) is 5.02 Å². The van der Waals surface area contributed by atoms with Gasteiger partial charge in [0, 0.05) is 10.8 Å². The minimum Gasteiger partial charge on any atom is -0.495 e. The summed E-state index contributed by atoms with van der Waals surface area (Å²) in [6.45, 7) is 0. The van der Waals surface area contributed by atoms with Crippen LogP contribution in [0, 0.1) is 0 Å². The maximum absolute atomic E-state index is 5.89. The van der Waals surface area contributed by atoms with Crippen LogP contribution in [-0.2, 0) is 0 Å². The van der Waals surface area contributed by atoms with Gasteiger partial charge in [0.2, 0.25) is 0 Å². The van der Waals surface area contributed by atoms with Crippen molar-refractivity contribution >= 4 is 23.4 Å². The van der Waals surface area contributed by atoms with Gasteiger partial charge >= 0.3 is 0 Å². The molecule has 0 aliphatic heterocycles.